The third-order valence-electron chi connectivity index (χ3n) is 4.56. The maximum atomic E-state index is 11.9. The van der Waals surface area contributed by atoms with Crippen LogP contribution in [0.25, 0.3) is 0 Å². The lowest BCUT2D eigenvalue weighted by Crippen LogP contribution is -2.43. The number of anilines is 1. The monoisotopic (exact) mass is 302 g/mol. The van der Waals surface area contributed by atoms with Crippen molar-refractivity contribution in [1.29, 1.82) is 0 Å². The molecular weight excluding hydrogens is 276 g/mol. The zero-order valence-electron chi connectivity index (χ0n) is 13.2. The van der Waals surface area contributed by atoms with E-state index >= 15 is 0 Å². The van der Waals surface area contributed by atoms with Gasteiger partial charge in [-0.2, -0.15) is 0 Å². The average Bonchev–Trinajstić information content (AvgIpc) is 2.55. The van der Waals surface area contributed by atoms with E-state index in [4.69, 9.17) is 0 Å². The lowest BCUT2D eigenvalue weighted by atomic mass is 9.96. The number of nitrogens with one attached hydrogen (secondary N) is 3. The van der Waals surface area contributed by atoms with Gasteiger partial charge in [-0.15, -0.1) is 0 Å². The van der Waals surface area contributed by atoms with E-state index in [1.807, 2.05) is 0 Å². The van der Waals surface area contributed by atoms with Crippen molar-refractivity contribution in [2.75, 3.05) is 18.4 Å². The number of carbonyl (C=O) groups is 1. The molecule has 1 aliphatic heterocycles. The van der Waals surface area contributed by atoms with Crippen LogP contribution in [0.5, 0.6) is 0 Å². The Morgan fingerprint density at radius 3 is 2.95 bits per heavy atom. The van der Waals surface area contributed by atoms with Gasteiger partial charge < -0.3 is 16.0 Å². The predicted octanol–water partition coefficient (Wildman–Crippen LogP) is 2.61. The largest absolute Gasteiger partial charge is 0.370 e. The molecular formula is C17H26N4O. The van der Waals surface area contributed by atoms with Crippen LogP contribution in [0.1, 0.15) is 49.8 Å². The second-order valence-electron chi connectivity index (χ2n) is 6.33. The first-order valence-electron chi connectivity index (χ1n) is 8.58. The molecule has 2 heterocycles. The van der Waals surface area contributed by atoms with Gasteiger partial charge in [0.05, 0.1) is 0 Å². The Morgan fingerprint density at radius 1 is 1.23 bits per heavy atom. The van der Waals surface area contributed by atoms with Gasteiger partial charge in [0.25, 0.3) is 0 Å². The molecule has 1 fully saturated rings. The van der Waals surface area contributed by atoms with Crippen LogP contribution in [0.2, 0.25) is 0 Å². The molecule has 0 unspecified atom stereocenters. The zero-order chi connectivity index (χ0) is 15.2. The van der Waals surface area contributed by atoms with E-state index in [0.717, 1.165) is 43.7 Å². The average molecular weight is 302 g/mol. The van der Waals surface area contributed by atoms with Gasteiger partial charge in [0.15, 0.2) is 0 Å². The van der Waals surface area contributed by atoms with Crippen LogP contribution in [0.3, 0.4) is 0 Å². The minimum Gasteiger partial charge on any atom is -0.370 e. The summed E-state index contributed by atoms with van der Waals surface area (Å²) in [6.07, 6.45) is 9.06. The van der Waals surface area contributed by atoms with E-state index in [1.54, 1.807) is 0 Å². The number of pyridine rings is 1. The van der Waals surface area contributed by atoms with Crippen molar-refractivity contribution in [2.45, 2.75) is 57.4 Å². The number of rotatable bonds is 4. The van der Waals surface area contributed by atoms with Crippen molar-refractivity contribution in [3.63, 3.8) is 0 Å². The van der Waals surface area contributed by atoms with E-state index < -0.39 is 0 Å². The topological polar surface area (TPSA) is 66.0 Å². The highest BCUT2D eigenvalue weighted by Gasteiger charge is 2.15. The molecule has 0 radical (unpaired) electrons. The molecule has 1 aromatic rings. The highest BCUT2D eigenvalue weighted by Crippen LogP contribution is 2.19. The summed E-state index contributed by atoms with van der Waals surface area (Å²) < 4.78 is 0. The van der Waals surface area contributed by atoms with Crippen LogP contribution in [-0.2, 0) is 12.8 Å². The van der Waals surface area contributed by atoms with Gasteiger partial charge in [-0.25, -0.2) is 9.78 Å². The number of aryl methyl sites for hydroxylation is 1. The molecule has 1 saturated carbocycles. The molecule has 1 aromatic heterocycles. The Labute approximate surface area is 132 Å². The lowest BCUT2D eigenvalue weighted by molar-refractivity contribution is 0.233. The van der Waals surface area contributed by atoms with Gasteiger partial charge in [0.1, 0.15) is 5.82 Å². The smallest absolute Gasteiger partial charge is 0.315 e. The van der Waals surface area contributed by atoms with E-state index in [9.17, 15) is 4.79 Å². The normalized spacial score (nSPS) is 18.2. The molecule has 5 heteroatoms. The van der Waals surface area contributed by atoms with E-state index in [1.165, 1.54) is 31.2 Å². The minimum atomic E-state index is -0.0389. The summed E-state index contributed by atoms with van der Waals surface area (Å²) in [5, 5.41) is 9.37. The van der Waals surface area contributed by atoms with Gasteiger partial charge in [0, 0.05) is 31.2 Å². The predicted molar refractivity (Wildman–Crippen MR) is 88.2 cm³/mol. The van der Waals surface area contributed by atoms with E-state index in [0.29, 0.717) is 12.6 Å². The summed E-state index contributed by atoms with van der Waals surface area (Å²) >= 11 is 0. The van der Waals surface area contributed by atoms with Crippen molar-refractivity contribution in [3.05, 3.63) is 23.4 Å². The molecule has 0 atom stereocenters. The lowest BCUT2D eigenvalue weighted by Gasteiger charge is -2.22. The quantitative estimate of drug-likeness (QED) is 0.801. The van der Waals surface area contributed by atoms with Crippen molar-refractivity contribution in [2.24, 2.45) is 0 Å². The molecule has 1 aliphatic carbocycles. The molecule has 5 nitrogen and oxygen atoms in total. The first kappa shape index (κ1) is 15.1. The molecule has 22 heavy (non-hydrogen) atoms. The third kappa shape index (κ3) is 4.12. The number of nitrogens with zero attached hydrogens (tertiary/aromatic N) is 1. The van der Waals surface area contributed by atoms with Crippen LogP contribution in [0.15, 0.2) is 12.1 Å². The maximum absolute atomic E-state index is 11.9. The zero-order valence-corrected chi connectivity index (χ0v) is 13.2. The molecule has 3 rings (SSSR count). The molecule has 0 spiro atoms. The summed E-state index contributed by atoms with van der Waals surface area (Å²) in [5.74, 6) is 1.02. The Kier molecular flexibility index (Phi) is 5.14. The number of carbonyl (C=O) groups excluding carboxylic acids is 1. The van der Waals surface area contributed by atoms with E-state index in [2.05, 4.69) is 33.1 Å². The summed E-state index contributed by atoms with van der Waals surface area (Å²) in [7, 11) is 0. The third-order valence-corrected chi connectivity index (χ3v) is 4.56. The van der Waals surface area contributed by atoms with Crippen LogP contribution < -0.4 is 16.0 Å². The minimum absolute atomic E-state index is 0.0389. The summed E-state index contributed by atoms with van der Waals surface area (Å²) in [4.78, 5) is 16.5. The van der Waals surface area contributed by atoms with Crippen LogP contribution in [0, 0.1) is 0 Å². The van der Waals surface area contributed by atoms with Crippen molar-refractivity contribution >= 4 is 11.8 Å². The number of urea groups is 1. The molecule has 2 amide bonds. The fourth-order valence-corrected chi connectivity index (χ4v) is 3.30. The molecule has 3 N–H and O–H groups in total. The molecule has 0 saturated heterocycles. The van der Waals surface area contributed by atoms with Crippen LogP contribution >= 0.6 is 0 Å². The Morgan fingerprint density at radius 2 is 2.09 bits per heavy atom. The first-order chi connectivity index (χ1) is 10.8. The van der Waals surface area contributed by atoms with Crippen LogP contribution in [-0.4, -0.2) is 30.1 Å². The summed E-state index contributed by atoms with van der Waals surface area (Å²) in [5.41, 5.74) is 2.34. The molecule has 0 aromatic carbocycles. The standard InChI is InChI=1S/C17H26N4O/c22-17(21-14-6-2-1-3-7-14)19-12-10-15-9-8-13-5-4-11-18-16(13)20-15/h8-9,14H,1-7,10-12H2,(H,18,20)(H2,19,21,22). The second-order valence-corrected chi connectivity index (χ2v) is 6.33. The van der Waals surface area contributed by atoms with Gasteiger partial charge in [0.2, 0.25) is 0 Å². The number of aromatic nitrogens is 1. The SMILES string of the molecule is O=C(NCCc1ccc2c(n1)NCCC2)NC1CCCCC1. The van der Waals surface area contributed by atoms with Crippen LogP contribution in [0.4, 0.5) is 10.6 Å². The van der Waals surface area contributed by atoms with Gasteiger partial charge in [-0.3, -0.25) is 0 Å². The fourth-order valence-electron chi connectivity index (χ4n) is 3.30. The van der Waals surface area contributed by atoms with Crippen molar-refractivity contribution in [3.8, 4) is 0 Å². The first-order valence-corrected chi connectivity index (χ1v) is 8.58. The number of hydrogen-bond donors (Lipinski definition) is 3. The molecule has 120 valence electrons. The van der Waals surface area contributed by atoms with Gasteiger partial charge in [-0.05, 0) is 37.3 Å². The Balaban J connectivity index is 1.41. The molecule has 0 bridgehead atoms. The highest BCUT2D eigenvalue weighted by atomic mass is 16.2. The molecule has 2 aliphatic rings. The number of amides is 2. The van der Waals surface area contributed by atoms with Gasteiger partial charge in [-0.1, -0.05) is 25.3 Å². The maximum Gasteiger partial charge on any atom is 0.315 e. The Hall–Kier alpha value is -1.78. The number of fused-ring (bicyclic) bond motifs is 1. The second kappa shape index (κ2) is 7.47. The summed E-state index contributed by atoms with van der Waals surface area (Å²) in [6.45, 7) is 1.63. The fraction of sp³-hybridized carbons (Fsp3) is 0.647. The van der Waals surface area contributed by atoms with Crippen molar-refractivity contribution in [1.82, 2.24) is 15.6 Å². The number of hydrogen-bond acceptors (Lipinski definition) is 3. The highest BCUT2D eigenvalue weighted by molar-refractivity contribution is 5.74. The Bertz CT molecular complexity index is 511. The van der Waals surface area contributed by atoms with E-state index in [-0.39, 0.29) is 6.03 Å². The van der Waals surface area contributed by atoms with Gasteiger partial charge >= 0.3 is 6.03 Å². The van der Waals surface area contributed by atoms with Crippen molar-refractivity contribution < 1.29 is 4.79 Å². The summed E-state index contributed by atoms with van der Waals surface area (Å²) in [6, 6.07) is 4.56.